The Kier molecular flexibility index (Phi) is 3.06. The quantitative estimate of drug-likeness (QED) is 0.796. The predicted octanol–water partition coefficient (Wildman–Crippen LogP) is 2.91. The van der Waals surface area contributed by atoms with Gasteiger partial charge in [-0.3, -0.25) is 4.79 Å². The summed E-state index contributed by atoms with van der Waals surface area (Å²) in [5.74, 6) is 0.698. The van der Waals surface area contributed by atoms with Crippen LogP contribution in [0.15, 0.2) is 18.2 Å². The summed E-state index contributed by atoms with van der Waals surface area (Å²) in [4.78, 5) is 11.8. The zero-order valence-corrected chi connectivity index (χ0v) is 9.92. The lowest BCUT2D eigenvalue weighted by atomic mass is 10.1. The second-order valence-corrected chi connectivity index (χ2v) is 4.76. The molecule has 3 nitrogen and oxygen atoms in total. The Balaban J connectivity index is 2.02. The molecule has 0 heterocycles. The minimum atomic E-state index is 0.0586. The standard InChI is InChI=1S/C12H15ClN2O/c1-7(8-2-3-8)12(16)15-9-4-5-11(14)10(13)6-9/h4-8H,2-3,14H2,1H3,(H,15,16). The van der Waals surface area contributed by atoms with Crippen LogP contribution < -0.4 is 11.1 Å². The van der Waals surface area contributed by atoms with Crippen LogP contribution in [-0.2, 0) is 4.79 Å². The average Bonchev–Trinajstić information content (AvgIpc) is 3.06. The number of halogens is 1. The van der Waals surface area contributed by atoms with E-state index in [-0.39, 0.29) is 11.8 Å². The molecule has 0 spiro atoms. The van der Waals surface area contributed by atoms with E-state index in [0.29, 0.717) is 22.3 Å². The molecule has 16 heavy (non-hydrogen) atoms. The summed E-state index contributed by atoms with van der Waals surface area (Å²) >= 11 is 5.88. The van der Waals surface area contributed by atoms with Crippen LogP contribution >= 0.6 is 11.6 Å². The lowest BCUT2D eigenvalue weighted by molar-refractivity contribution is -0.119. The van der Waals surface area contributed by atoms with E-state index in [1.807, 2.05) is 6.92 Å². The molecule has 1 atom stereocenters. The van der Waals surface area contributed by atoms with Gasteiger partial charge in [-0.25, -0.2) is 0 Å². The Morgan fingerprint density at radius 1 is 1.56 bits per heavy atom. The number of rotatable bonds is 3. The minimum absolute atomic E-state index is 0.0586. The number of carbonyl (C=O) groups excluding carboxylic acids is 1. The van der Waals surface area contributed by atoms with Crippen molar-refractivity contribution in [3.05, 3.63) is 23.2 Å². The van der Waals surface area contributed by atoms with Crippen molar-refractivity contribution in [3.63, 3.8) is 0 Å². The fourth-order valence-corrected chi connectivity index (χ4v) is 1.85. The van der Waals surface area contributed by atoms with Gasteiger partial charge in [0.2, 0.25) is 5.91 Å². The lowest BCUT2D eigenvalue weighted by Gasteiger charge is -2.11. The van der Waals surface area contributed by atoms with Gasteiger partial charge in [0.1, 0.15) is 0 Å². The van der Waals surface area contributed by atoms with Crippen molar-refractivity contribution in [3.8, 4) is 0 Å². The van der Waals surface area contributed by atoms with Gasteiger partial charge in [0, 0.05) is 11.6 Å². The van der Waals surface area contributed by atoms with Crippen molar-refractivity contribution in [2.24, 2.45) is 11.8 Å². The average molecular weight is 239 g/mol. The third-order valence-corrected chi connectivity index (χ3v) is 3.34. The molecule has 0 radical (unpaired) electrons. The Morgan fingerprint density at radius 3 is 2.81 bits per heavy atom. The number of hydrogen-bond acceptors (Lipinski definition) is 2. The van der Waals surface area contributed by atoms with Gasteiger partial charge in [-0.1, -0.05) is 18.5 Å². The molecule has 1 amide bonds. The second-order valence-electron chi connectivity index (χ2n) is 4.35. The highest BCUT2D eigenvalue weighted by molar-refractivity contribution is 6.33. The summed E-state index contributed by atoms with van der Waals surface area (Å²) in [5.41, 5.74) is 6.82. The Bertz CT molecular complexity index is 415. The molecule has 1 fully saturated rings. The van der Waals surface area contributed by atoms with Gasteiger partial charge in [-0.2, -0.15) is 0 Å². The van der Waals surface area contributed by atoms with Crippen molar-refractivity contribution in [2.45, 2.75) is 19.8 Å². The van der Waals surface area contributed by atoms with Crippen molar-refractivity contribution in [2.75, 3.05) is 11.1 Å². The summed E-state index contributed by atoms with van der Waals surface area (Å²) in [5, 5.41) is 3.32. The van der Waals surface area contributed by atoms with E-state index >= 15 is 0 Å². The third-order valence-electron chi connectivity index (χ3n) is 3.01. The number of nitrogens with one attached hydrogen (secondary N) is 1. The van der Waals surface area contributed by atoms with Crippen LogP contribution in [0.4, 0.5) is 11.4 Å². The molecule has 1 saturated carbocycles. The fraction of sp³-hybridized carbons (Fsp3) is 0.417. The van der Waals surface area contributed by atoms with Crippen molar-refractivity contribution >= 4 is 28.9 Å². The summed E-state index contributed by atoms with van der Waals surface area (Å²) < 4.78 is 0. The van der Waals surface area contributed by atoms with Gasteiger partial charge < -0.3 is 11.1 Å². The summed E-state index contributed by atoms with van der Waals surface area (Å²) in [6, 6.07) is 5.13. The fourth-order valence-electron chi connectivity index (χ4n) is 1.67. The van der Waals surface area contributed by atoms with E-state index in [4.69, 9.17) is 17.3 Å². The third kappa shape index (κ3) is 2.47. The number of anilines is 2. The van der Waals surface area contributed by atoms with Gasteiger partial charge >= 0.3 is 0 Å². The molecular weight excluding hydrogens is 224 g/mol. The lowest BCUT2D eigenvalue weighted by Crippen LogP contribution is -2.21. The zero-order chi connectivity index (χ0) is 11.7. The summed E-state index contributed by atoms with van der Waals surface area (Å²) in [7, 11) is 0. The van der Waals surface area contributed by atoms with Crippen LogP contribution in [-0.4, -0.2) is 5.91 Å². The molecule has 4 heteroatoms. The first-order valence-corrected chi connectivity index (χ1v) is 5.81. The maximum atomic E-state index is 11.8. The molecule has 1 aromatic rings. The number of benzene rings is 1. The van der Waals surface area contributed by atoms with Gasteiger partial charge in [0.05, 0.1) is 10.7 Å². The molecule has 1 unspecified atom stereocenters. The van der Waals surface area contributed by atoms with E-state index in [0.717, 1.165) is 12.8 Å². The molecule has 0 bridgehead atoms. The second kappa shape index (κ2) is 4.34. The number of nitrogens with two attached hydrogens (primary N) is 1. The number of hydrogen-bond donors (Lipinski definition) is 2. The zero-order valence-electron chi connectivity index (χ0n) is 9.16. The largest absolute Gasteiger partial charge is 0.398 e. The highest BCUT2D eigenvalue weighted by Gasteiger charge is 2.32. The van der Waals surface area contributed by atoms with Crippen LogP contribution in [0.5, 0.6) is 0 Å². The minimum Gasteiger partial charge on any atom is -0.398 e. The van der Waals surface area contributed by atoms with Gasteiger partial charge in [-0.15, -0.1) is 0 Å². The Hall–Kier alpha value is -1.22. The van der Waals surface area contributed by atoms with Crippen LogP contribution in [0.1, 0.15) is 19.8 Å². The van der Waals surface area contributed by atoms with Gasteiger partial charge in [0.25, 0.3) is 0 Å². The summed E-state index contributed by atoms with van der Waals surface area (Å²) in [6.45, 7) is 1.96. The van der Waals surface area contributed by atoms with E-state index < -0.39 is 0 Å². The van der Waals surface area contributed by atoms with Crippen molar-refractivity contribution < 1.29 is 4.79 Å². The van der Waals surface area contributed by atoms with Gasteiger partial charge in [0.15, 0.2) is 0 Å². The van der Waals surface area contributed by atoms with E-state index in [2.05, 4.69) is 5.32 Å². The first-order chi connectivity index (χ1) is 7.58. The predicted molar refractivity (Wildman–Crippen MR) is 66.4 cm³/mol. The van der Waals surface area contributed by atoms with E-state index in [9.17, 15) is 4.79 Å². The molecule has 2 rings (SSSR count). The van der Waals surface area contributed by atoms with E-state index in [1.54, 1.807) is 18.2 Å². The molecule has 1 aliphatic carbocycles. The normalized spacial score (nSPS) is 16.9. The first-order valence-electron chi connectivity index (χ1n) is 5.44. The maximum absolute atomic E-state index is 11.8. The Morgan fingerprint density at radius 2 is 2.25 bits per heavy atom. The van der Waals surface area contributed by atoms with Crippen LogP contribution in [0.3, 0.4) is 0 Å². The first kappa shape index (κ1) is 11.3. The molecule has 86 valence electrons. The molecule has 3 N–H and O–H groups in total. The van der Waals surface area contributed by atoms with E-state index in [1.165, 1.54) is 0 Å². The number of nitrogen functional groups attached to an aromatic ring is 1. The topological polar surface area (TPSA) is 55.1 Å². The monoisotopic (exact) mass is 238 g/mol. The van der Waals surface area contributed by atoms with Crippen molar-refractivity contribution in [1.29, 1.82) is 0 Å². The number of carbonyl (C=O) groups is 1. The molecule has 1 aromatic carbocycles. The Labute approximate surface area is 100.0 Å². The maximum Gasteiger partial charge on any atom is 0.227 e. The van der Waals surface area contributed by atoms with Crippen LogP contribution in [0, 0.1) is 11.8 Å². The smallest absolute Gasteiger partial charge is 0.227 e. The number of amides is 1. The van der Waals surface area contributed by atoms with Crippen molar-refractivity contribution in [1.82, 2.24) is 0 Å². The SMILES string of the molecule is CC(C(=O)Nc1ccc(N)c(Cl)c1)C1CC1. The van der Waals surface area contributed by atoms with Crippen LogP contribution in [0.25, 0.3) is 0 Å². The molecule has 0 saturated heterocycles. The van der Waals surface area contributed by atoms with Crippen LogP contribution in [0.2, 0.25) is 5.02 Å². The highest BCUT2D eigenvalue weighted by Crippen LogP contribution is 2.37. The molecular formula is C12H15ClN2O. The van der Waals surface area contributed by atoms with Gasteiger partial charge in [-0.05, 0) is 37.0 Å². The molecule has 0 aliphatic heterocycles. The highest BCUT2D eigenvalue weighted by atomic mass is 35.5. The summed E-state index contributed by atoms with van der Waals surface area (Å²) in [6.07, 6.45) is 2.33. The molecule has 1 aliphatic rings. The molecule has 0 aromatic heterocycles.